The quantitative estimate of drug-likeness (QED) is 0.526. The van der Waals surface area contributed by atoms with Crippen molar-refractivity contribution in [3.8, 4) is 0 Å². The lowest BCUT2D eigenvalue weighted by Gasteiger charge is -2.05. The summed E-state index contributed by atoms with van der Waals surface area (Å²) < 4.78 is 0.580. The molecule has 0 aliphatic carbocycles. The van der Waals surface area contributed by atoms with E-state index in [1.807, 2.05) is 0 Å². The van der Waals surface area contributed by atoms with Crippen molar-refractivity contribution in [2.45, 2.75) is 26.7 Å². The van der Waals surface area contributed by atoms with Crippen molar-refractivity contribution in [2.75, 3.05) is 13.1 Å². The minimum absolute atomic E-state index is 0.580. The second-order valence-electron chi connectivity index (χ2n) is 3.16. The molecule has 0 spiro atoms. The second kappa shape index (κ2) is 8.45. The van der Waals surface area contributed by atoms with E-state index in [-0.39, 0.29) is 0 Å². The molecule has 1 atom stereocenters. The van der Waals surface area contributed by atoms with Crippen LogP contribution in [0.15, 0.2) is 12.2 Å². The third kappa shape index (κ3) is 9.77. The third-order valence-corrected chi connectivity index (χ3v) is 2.11. The van der Waals surface area contributed by atoms with Crippen LogP contribution in [0, 0.1) is 11.3 Å². The highest BCUT2D eigenvalue weighted by Crippen LogP contribution is 2.01. The molecule has 0 saturated heterocycles. The van der Waals surface area contributed by atoms with Crippen LogP contribution in [0.3, 0.4) is 0 Å². The van der Waals surface area contributed by atoms with Gasteiger partial charge in [-0.1, -0.05) is 26.0 Å². The lowest BCUT2D eigenvalue weighted by Crippen LogP contribution is -2.19. The Balaban J connectivity index is 3.41. The molecule has 0 heterocycles. The highest BCUT2D eigenvalue weighted by atomic mass is 79.9. The largest absolute Gasteiger partial charge is 0.316 e. The zero-order valence-corrected chi connectivity index (χ0v) is 10.0. The predicted octanol–water partition coefficient (Wildman–Crippen LogP) is 2.94. The van der Waals surface area contributed by atoms with Crippen LogP contribution in [-0.2, 0) is 0 Å². The highest BCUT2D eigenvalue weighted by Gasteiger charge is 1.94. The van der Waals surface area contributed by atoms with Gasteiger partial charge in [-0.25, -0.2) is 0 Å². The molecule has 2 nitrogen and oxygen atoms in total. The molecule has 0 saturated carbocycles. The normalized spacial score (nSPS) is 13.5. The summed E-state index contributed by atoms with van der Waals surface area (Å²) in [6, 6.07) is 0. The van der Waals surface area contributed by atoms with Crippen molar-refractivity contribution in [1.82, 2.24) is 5.32 Å². The van der Waals surface area contributed by atoms with Crippen LogP contribution >= 0.6 is 15.9 Å². The molecule has 0 rings (SSSR count). The van der Waals surface area contributed by atoms with E-state index < -0.39 is 0 Å². The van der Waals surface area contributed by atoms with Crippen LogP contribution < -0.4 is 5.32 Å². The Hall–Kier alpha value is -0.150. The van der Waals surface area contributed by atoms with Gasteiger partial charge in [0.15, 0.2) is 0 Å². The molecule has 3 heteroatoms. The van der Waals surface area contributed by atoms with E-state index >= 15 is 0 Å². The van der Waals surface area contributed by atoms with Crippen LogP contribution in [0.2, 0.25) is 0 Å². The standard InChI is InChI=1S/C10H19BrN2/c1-3-13-8-9(2)6-4-5-7-10(11)12/h4,6,9,12-13H,3,5,7-8H2,1-2H3/b6-4+,12-10?. The summed E-state index contributed by atoms with van der Waals surface area (Å²) >= 11 is 3.12. The van der Waals surface area contributed by atoms with Gasteiger partial charge < -0.3 is 5.32 Å². The summed E-state index contributed by atoms with van der Waals surface area (Å²) in [5.74, 6) is 0.587. The molecular formula is C10H19BrN2. The van der Waals surface area contributed by atoms with Gasteiger partial charge in [-0.15, -0.1) is 0 Å². The highest BCUT2D eigenvalue weighted by molar-refractivity contribution is 9.18. The van der Waals surface area contributed by atoms with E-state index in [0.717, 1.165) is 25.9 Å². The number of rotatable bonds is 7. The van der Waals surface area contributed by atoms with Crippen molar-refractivity contribution in [3.63, 3.8) is 0 Å². The first-order valence-corrected chi connectivity index (χ1v) is 5.56. The molecule has 0 aromatic rings. The summed E-state index contributed by atoms with van der Waals surface area (Å²) in [5.41, 5.74) is 0. The monoisotopic (exact) mass is 246 g/mol. The zero-order valence-electron chi connectivity index (χ0n) is 8.44. The minimum Gasteiger partial charge on any atom is -0.316 e. The van der Waals surface area contributed by atoms with Crippen LogP contribution in [0.25, 0.3) is 0 Å². The van der Waals surface area contributed by atoms with Crippen molar-refractivity contribution < 1.29 is 0 Å². The summed E-state index contributed by atoms with van der Waals surface area (Å²) in [7, 11) is 0. The van der Waals surface area contributed by atoms with Gasteiger partial charge >= 0.3 is 0 Å². The summed E-state index contributed by atoms with van der Waals surface area (Å²) in [4.78, 5) is 0. The van der Waals surface area contributed by atoms with E-state index in [2.05, 4.69) is 47.2 Å². The fraction of sp³-hybridized carbons (Fsp3) is 0.700. The maximum Gasteiger partial charge on any atom is 0.0742 e. The molecule has 13 heavy (non-hydrogen) atoms. The Morgan fingerprint density at radius 2 is 2.31 bits per heavy atom. The molecule has 76 valence electrons. The number of nitrogens with one attached hydrogen (secondary N) is 2. The Kier molecular flexibility index (Phi) is 8.35. The van der Waals surface area contributed by atoms with Crippen molar-refractivity contribution in [3.05, 3.63) is 12.2 Å². The van der Waals surface area contributed by atoms with Gasteiger partial charge in [-0.05, 0) is 41.2 Å². The van der Waals surface area contributed by atoms with Crippen LogP contribution in [0.5, 0.6) is 0 Å². The van der Waals surface area contributed by atoms with Crippen molar-refractivity contribution >= 4 is 20.6 Å². The number of hydrogen-bond donors (Lipinski definition) is 2. The summed E-state index contributed by atoms with van der Waals surface area (Å²) in [5, 5.41) is 10.5. The van der Waals surface area contributed by atoms with Crippen molar-refractivity contribution in [2.24, 2.45) is 5.92 Å². The summed E-state index contributed by atoms with van der Waals surface area (Å²) in [6.45, 7) is 6.38. The molecule has 0 fully saturated rings. The number of halogens is 1. The molecule has 1 unspecified atom stereocenters. The van der Waals surface area contributed by atoms with Crippen molar-refractivity contribution in [1.29, 1.82) is 5.41 Å². The number of hydrogen-bond acceptors (Lipinski definition) is 2. The molecule has 0 aliphatic heterocycles. The fourth-order valence-electron chi connectivity index (χ4n) is 0.979. The SMILES string of the molecule is CCNCC(C)/C=C/CCC(=N)Br. The van der Waals surface area contributed by atoms with Crippen LogP contribution in [-0.4, -0.2) is 17.7 Å². The summed E-state index contributed by atoms with van der Waals surface area (Å²) in [6.07, 6.45) is 6.13. The zero-order chi connectivity index (χ0) is 10.1. The van der Waals surface area contributed by atoms with Gasteiger partial charge in [0, 0.05) is 6.54 Å². The first kappa shape index (κ1) is 12.8. The Bertz CT molecular complexity index is 166. The lowest BCUT2D eigenvalue weighted by molar-refractivity contribution is 0.610. The Labute approximate surface area is 89.4 Å². The van der Waals surface area contributed by atoms with E-state index in [1.165, 1.54) is 0 Å². The van der Waals surface area contributed by atoms with E-state index in [1.54, 1.807) is 0 Å². The van der Waals surface area contributed by atoms with E-state index in [0.29, 0.717) is 10.5 Å². The van der Waals surface area contributed by atoms with Gasteiger partial charge in [-0.3, -0.25) is 5.41 Å². The van der Waals surface area contributed by atoms with Crippen LogP contribution in [0.1, 0.15) is 26.7 Å². The molecule has 0 bridgehead atoms. The van der Waals surface area contributed by atoms with Gasteiger partial charge in [0.05, 0.1) is 4.62 Å². The minimum atomic E-state index is 0.580. The Morgan fingerprint density at radius 3 is 2.85 bits per heavy atom. The van der Waals surface area contributed by atoms with Gasteiger partial charge in [0.25, 0.3) is 0 Å². The third-order valence-electron chi connectivity index (χ3n) is 1.71. The average Bonchev–Trinajstić information content (AvgIpc) is 2.08. The van der Waals surface area contributed by atoms with E-state index in [9.17, 15) is 0 Å². The smallest absolute Gasteiger partial charge is 0.0742 e. The maximum absolute atomic E-state index is 7.16. The molecule has 2 N–H and O–H groups in total. The van der Waals surface area contributed by atoms with Crippen LogP contribution in [0.4, 0.5) is 0 Å². The lowest BCUT2D eigenvalue weighted by atomic mass is 10.1. The number of allylic oxidation sites excluding steroid dienone is 1. The molecule has 0 radical (unpaired) electrons. The molecule has 0 aliphatic rings. The average molecular weight is 247 g/mol. The first-order valence-electron chi connectivity index (χ1n) is 4.77. The Morgan fingerprint density at radius 1 is 1.62 bits per heavy atom. The fourth-order valence-corrected chi connectivity index (χ4v) is 1.21. The second-order valence-corrected chi connectivity index (χ2v) is 4.11. The van der Waals surface area contributed by atoms with Gasteiger partial charge in [0.2, 0.25) is 0 Å². The van der Waals surface area contributed by atoms with Gasteiger partial charge in [0.1, 0.15) is 0 Å². The first-order chi connectivity index (χ1) is 6.16. The maximum atomic E-state index is 7.16. The molecular weight excluding hydrogens is 228 g/mol. The molecule has 0 aromatic carbocycles. The molecule has 0 amide bonds. The van der Waals surface area contributed by atoms with E-state index in [4.69, 9.17) is 5.41 Å². The molecule has 0 aromatic heterocycles. The topological polar surface area (TPSA) is 35.9 Å². The predicted molar refractivity (Wildman–Crippen MR) is 62.7 cm³/mol. The van der Waals surface area contributed by atoms with Gasteiger partial charge in [-0.2, -0.15) is 0 Å².